The Bertz CT molecular complexity index is 325. The molecule has 1 aliphatic heterocycles. The van der Waals surface area contributed by atoms with Crippen molar-refractivity contribution < 1.29 is 9.47 Å². The van der Waals surface area contributed by atoms with Crippen LogP contribution in [-0.2, 0) is 4.74 Å². The Morgan fingerprint density at radius 2 is 2.56 bits per heavy atom. The Hall–Kier alpha value is -1.29. The number of anilines is 1. The fourth-order valence-electron chi connectivity index (χ4n) is 1.74. The summed E-state index contributed by atoms with van der Waals surface area (Å²) in [5.74, 6) is 1.70. The molecule has 2 rings (SSSR count). The maximum Gasteiger partial charge on any atom is 0.129 e. The van der Waals surface area contributed by atoms with Crippen LogP contribution in [0.3, 0.4) is 0 Å². The molecule has 1 atom stereocenters. The average molecular weight is 222 g/mol. The van der Waals surface area contributed by atoms with E-state index in [1.54, 1.807) is 6.20 Å². The highest BCUT2D eigenvalue weighted by Crippen LogP contribution is 2.17. The zero-order chi connectivity index (χ0) is 11.2. The number of ether oxygens (including phenoxy) is 2. The first-order chi connectivity index (χ1) is 7.88. The molecule has 1 aromatic heterocycles. The van der Waals surface area contributed by atoms with Gasteiger partial charge in [0.2, 0.25) is 0 Å². The van der Waals surface area contributed by atoms with E-state index in [2.05, 4.69) is 10.3 Å². The first-order valence-corrected chi connectivity index (χ1v) is 5.83. The van der Waals surface area contributed by atoms with E-state index < -0.39 is 0 Å². The minimum Gasteiger partial charge on any atom is -0.491 e. The number of aromatic nitrogens is 1. The number of nitrogens with zero attached hydrogens (tertiary/aromatic N) is 1. The molecule has 4 nitrogen and oxygen atoms in total. The Morgan fingerprint density at radius 1 is 1.62 bits per heavy atom. The Morgan fingerprint density at radius 3 is 3.31 bits per heavy atom. The number of hydrogen-bond donors (Lipinski definition) is 1. The molecule has 0 spiro atoms. The summed E-state index contributed by atoms with van der Waals surface area (Å²) in [6.07, 6.45) is 4.26. The van der Waals surface area contributed by atoms with Crippen LogP contribution in [0.5, 0.6) is 5.75 Å². The molecule has 2 heterocycles. The van der Waals surface area contributed by atoms with Gasteiger partial charge in [0.05, 0.1) is 6.10 Å². The fourth-order valence-corrected chi connectivity index (χ4v) is 1.74. The molecule has 0 amide bonds. The molecule has 4 heteroatoms. The zero-order valence-corrected chi connectivity index (χ0v) is 9.61. The summed E-state index contributed by atoms with van der Waals surface area (Å²) in [7, 11) is 0. The van der Waals surface area contributed by atoms with Gasteiger partial charge in [-0.2, -0.15) is 0 Å². The van der Waals surface area contributed by atoms with Crippen molar-refractivity contribution in [3.05, 3.63) is 18.3 Å². The van der Waals surface area contributed by atoms with Crippen LogP contribution in [-0.4, -0.2) is 30.8 Å². The van der Waals surface area contributed by atoms with E-state index in [4.69, 9.17) is 9.47 Å². The largest absolute Gasteiger partial charge is 0.491 e. The zero-order valence-electron chi connectivity index (χ0n) is 9.61. The van der Waals surface area contributed by atoms with Crippen LogP contribution in [0, 0.1) is 0 Å². The Balaban J connectivity index is 1.85. The molecule has 0 aromatic carbocycles. The van der Waals surface area contributed by atoms with Gasteiger partial charge in [-0.25, -0.2) is 4.98 Å². The lowest BCUT2D eigenvalue weighted by molar-refractivity contribution is 0.0679. The fraction of sp³-hybridized carbons (Fsp3) is 0.583. The molecule has 1 fully saturated rings. The topological polar surface area (TPSA) is 43.4 Å². The summed E-state index contributed by atoms with van der Waals surface area (Å²) in [5, 5.41) is 3.15. The Kier molecular flexibility index (Phi) is 3.99. The predicted molar refractivity (Wildman–Crippen MR) is 62.9 cm³/mol. The summed E-state index contributed by atoms with van der Waals surface area (Å²) in [6, 6.07) is 3.79. The predicted octanol–water partition coefficient (Wildman–Crippen LogP) is 2.07. The second-order valence-corrected chi connectivity index (χ2v) is 3.85. The molecule has 1 N–H and O–H groups in total. The van der Waals surface area contributed by atoms with Crippen LogP contribution in [0.15, 0.2) is 18.3 Å². The lowest BCUT2D eigenvalue weighted by Gasteiger charge is -2.12. The van der Waals surface area contributed by atoms with E-state index in [-0.39, 0.29) is 6.10 Å². The number of nitrogens with one attached hydrogen (secondary N) is 1. The molecule has 1 saturated heterocycles. The first-order valence-electron chi connectivity index (χ1n) is 5.83. The lowest BCUT2D eigenvalue weighted by atomic mass is 10.2. The molecule has 16 heavy (non-hydrogen) atoms. The highest BCUT2D eigenvalue weighted by molar-refractivity contribution is 5.40. The van der Waals surface area contributed by atoms with Crippen molar-refractivity contribution >= 4 is 5.82 Å². The van der Waals surface area contributed by atoms with Gasteiger partial charge in [0.1, 0.15) is 18.2 Å². The normalized spacial score (nSPS) is 19.7. The van der Waals surface area contributed by atoms with E-state index in [9.17, 15) is 0 Å². The minimum atomic E-state index is 0.260. The summed E-state index contributed by atoms with van der Waals surface area (Å²) >= 11 is 0. The molecule has 1 aromatic rings. The molecular weight excluding hydrogens is 204 g/mol. The highest BCUT2D eigenvalue weighted by Gasteiger charge is 2.15. The van der Waals surface area contributed by atoms with E-state index in [1.165, 1.54) is 0 Å². The van der Waals surface area contributed by atoms with Gasteiger partial charge in [-0.1, -0.05) is 0 Å². The average Bonchev–Trinajstić information content (AvgIpc) is 2.80. The number of rotatable bonds is 5. The van der Waals surface area contributed by atoms with Crippen LogP contribution < -0.4 is 10.1 Å². The maximum absolute atomic E-state index is 5.67. The third-order valence-corrected chi connectivity index (χ3v) is 2.55. The van der Waals surface area contributed by atoms with Gasteiger partial charge in [0.25, 0.3) is 0 Å². The van der Waals surface area contributed by atoms with Crippen molar-refractivity contribution in [2.24, 2.45) is 0 Å². The minimum absolute atomic E-state index is 0.260. The molecule has 0 bridgehead atoms. The van der Waals surface area contributed by atoms with Gasteiger partial charge in [-0.15, -0.1) is 0 Å². The molecule has 1 unspecified atom stereocenters. The van der Waals surface area contributed by atoms with Gasteiger partial charge >= 0.3 is 0 Å². The van der Waals surface area contributed by atoms with Crippen molar-refractivity contribution in [2.45, 2.75) is 25.9 Å². The van der Waals surface area contributed by atoms with Gasteiger partial charge in [0.15, 0.2) is 0 Å². The third kappa shape index (κ3) is 3.10. The summed E-state index contributed by atoms with van der Waals surface area (Å²) < 4.78 is 11.2. The lowest BCUT2D eigenvalue weighted by Crippen LogP contribution is -2.16. The summed E-state index contributed by atoms with van der Waals surface area (Å²) in [6.45, 7) is 4.41. The quantitative estimate of drug-likeness (QED) is 0.828. The SMILES string of the molecule is CCNc1cc(OCC2CCCO2)ccn1. The van der Waals surface area contributed by atoms with E-state index in [0.29, 0.717) is 6.61 Å². The standard InChI is InChI=1S/C12H18N2O2/c1-2-13-12-8-10(5-6-14-12)16-9-11-4-3-7-15-11/h5-6,8,11H,2-4,7,9H2,1H3,(H,13,14). The van der Waals surface area contributed by atoms with Crippen LogP contribution in [0.25, 0.3) is 0 Å². The molecule has 0 aliphatic carbocycles. The second kappa shape index (κ2) is 5.70. The van der Waals surface area contributed by atoms with Gasteiger partial charge in [-0.05, 0) is 25.8 Å². The number of hydrogen-bond acceptors (Lipinski definition) is 4. The van der Waals surface area contributed by atoms with Crippen LogP contribution in [0.1, 0.15) is 19.8 Å². The van der Waals surface area contributed by atoms with Crippen molar-refractivity contribution in [1.82, 2.24) is 4.98 Å². The third-order valence-electron chi connectivity index (χ3n) is 2.55. The van der Waals surface area contributed by atoms with Crippen LogP contribution in [0.4, 0.5) is 5.82 Å². The first kappa shape index (κ1) is 11.2. The maximum atomic E-state index is 5.67. The monoisotopic (exact) mass is 222 g/mol. The smallest absolute Gasteiger partial charge is 0.129 e. The van der Waals surface area contributed by atoms with Gasteiger partial charge in [-0.3, -0.25) is 0 Å². The summed E-state index contributed by atoms with van der Waals surface area (Å²) in [4.78, 5) is 4.19. The molecule has 0 radical (unpaired) electrons. The van der Waals surface area contributed by atoms with E-state index >= 15 is 0 Å². The van der Waals surface area contributed by atoms with E-state index in [1.807, 2.05) is 19.1 Å². The van der Waals surface area contributed by atoms with Crippen molar-refractivity contribution in [2.75, 3.05) is 25.1 Å². The van der Waals surface area contributed by atoms with Gasteiger partial charge < -0.3 is 14.8 Å². The molecule has 1 aliphatic rings. The van der Waals surface area contributed by atoms with E-state index in [0.717, 1.165) is 37.6 Å². The van der Waals surface area contributed by atoms with Crippen LogP contribution in [0.2, 0.25) is 0 Å². The Labute approximate surface area is 96.0 Å². The number of pyridine rings is 1. The molecular formula is C12H18N2O2. The second-order valence-electron chi connectivity index (χ2n) is 3.85. The van der Waals surface area contributed by atoms with Gasteiger partial charge in [0, 0.05) is 25.4 Å². The molecule has 88 valence electrons. The van der Waals surface area contributed by atoms with Crippen molar-refractivity contribution in [3.8, 4) is 5.75 Å². The van der Waals surface area contributed by atoms with Crippen LogP contribution >= 0.6 is 0 Å². The summed E-state index contributed by atoms with van der Waals surface area (Å²) in [5.41, 5.74) is 0. The van der Waals surface area contributed by atoms with Crippen molar-refractivity contribution in [1.29, 1.82) is 0 Å². The van der Waals surface area contributed by atoms with Crippen molar-refractivity contribution in [3.63, 3.8) is 0 Å². The highest BCUT2D eigenvalue weighted by atomic mass is 16.5. The molecule has 0 saturated carbocycles.